The van der Waals surface area contributed by atoms with Crippen LogP contribution < -0.4 is 5.56 Å². The number of hydrogen-bond acceptors (Lipinski definition) is 2. The van der Waals surface area contributed by atoms with Gasteiger partial charge in [0.2, 0.25) is 0 Å². The van der Waals surface area contributed by atoms with E-state index < -0.39 is 0 Å². The van der Waals surface area contributed by atoms with Crippen LogP contribution in [0, 0.1) is 0 Å². The van der Waals surface area contributed by atoms with Crippen LogP contribution in [-0.2, 0) is 6.54 Å². The molecule has 18 heavy (non-hydrogen) atoms. The highest BCUT2D eigenvalue weighted by molar-refractivity contribution is 5.81. The van der Waals surface area contributed by atoms with Crippen molar-refractivity contribution in [3.05, 3.63) is 64.4 Å². The normalized spacial score (nSPS) is 12.4. The summed E-state index contributed by atoms with van der Waals surface area (Å²) in [5.74, 6) is 0.786. The fraction of sp³-hybridized carbons (Fsp3) is 0.0667. The number of fused-ring (bicyclic) bond motifs is 4. The second kappa shape index (κ2) is 3.29. The van der Waals surface area contributed by atoms with Crippen LogP contribution in [0.5, 0.6) is 0 Å². The number of benzene rings is 2. The Bertz CT molecular complexity index is 833. The minimum absolute atomic E-state index is 0.0480. The zero-order chi connectivity index (χ0) is 12.1. The molecule has 0 bridgehead atoms. The van der Waals surface area contributed by atoms with Gasteiger partial charge in [0.25, 0.3) is 5.56 Å². The predicted octanol–water partition coefficient (Wildman–Crippen LogP) is 2.43. The van der Waals surface area contributed by atoms with E-state index in [0.29, 0.717) is 11.9 Å². The van der Waals surface area contributed by atoms with Crippen molar-refractivity contribution < 1.29 is 0 Å². The van der Waals surface area contributed by atoms with Crippen molar-refractivity contribution in [3.8, 4) is 11.4 Å². The third-order valence-corrected chi connectivity index (χ3v) is 3.45. The number of aromatic nitrogens is 2. The van der Waals surface area contributed by atoms with E-state index >= 15 is 0 Å². The van der Waals surface area contributed by atoms with Gasteiger partial charge in [-0.3, -0.25) is 9.36 Å². The number of rotatable bonds is 0. The molecule has 0 saturated carbocycles. The maximum absolute atomic E-state index is 12.4. The molecule has 1 aromatic heterocycles. The van der Waals surface area contributed by atoms with Gasteiger partial charge < -0.3 is 0 Å². The molecule has 0 unspecified atom stereocenters. The number of para-hydroxylation sites is 1. The monoisotopic (exact) mass is 234 g/mol. The molecule has 0 spiro atoms. The van der Waals surface area contributed by atoms with Gasteiger partial charge in [0.1, 0.15) is 5.82 Å². The first-order valence-electron chi connectivity index (χ1n) is 5.92. The molecule has 0 aliphatic carbocycles. The first-order chi connectivity index (χ1) is 8.84. The molecular weight excluding hydrogens is 224 g/mol. The molecular formula is C15H10N2O. The molecule has 0 radical (unpaired) electrons. The third-order valence-electron chi connectivity index (χ3n) is 3.45. The molecule has 1 aliphatic heterocycles. The van der Waals surface area contributed by atoms with Gasteiger partial charge in [0.05, 0.1) is 17.4 Å². The lowest BCUT2D eigenvalue weighted by molar-refractivity contribution is 0.797. The summed E-state index contributed by atoms with van der Waals surface area (Å²) in [6.45, 7) is 0.627. The Morgan fingerprint density at radius 3 is 2.72 bits per heavy atom. The Morgan fingerprint density at radius 1 is 1.00 bits per heavy atom. The van der Waals surface area contributed by atoms with Crippen molar-refractivity contribution in [2.24, 2.45) is 0 Å². The fourth-order valence-electron chi connectivity index (χ4n) is 2.57. The Hall–Kier alpha value is -2.42. The first kappa shape index (κ1) is 9.59. The summed E-state index contributed by atoms with van der Waals surface area (Å²) in [6, 6.07) is 15.6. The van der Waals surface area contributed by atoms with Crippen LogP contribution >= 0.6 is 0 Å². The maximum Gasteiger partial charge on any atom is 0.261 e. The van der Waals surface area contributed by atoms with Gasteiger partial charge >= 0.3 is 0 Å². The standard InChI is InChI=1S/C15H10N2O/c18-15-12-7-3-4-8-13(12)16-14-11-6-2-1-5-10(11)9-17(14)15/h1-8H,9H2. The van der Waals surface area contributed by atoms with Crippen LogP contribution in [0.15, 0.2) is 53.3 Å². The van der Waals surface area contributed by atoms with Gasteiger partial charge in [-0.2, -0.15) is 0 Å². The molecule has 0 amide bonds. The van der Waals surface area contributed by atoms with E-state index in [2.05, 4.69) is 4.98 Å². The van der Waals surface area contributed by atoms with E-state index in [1.54, 1.807) is 4.57 Å². The van der Waals surface area contributed by atoms with Crippen molar-refractivity contribution in [1.82, 2.24) is 9.55 Å². The predicted molar refractivity (Wildman–Crippen MR) is 70.5 cm³/mol. The second-order valence-corrected chi connectivity index (χ2v) is 4.50. The lowest BCUT2D eigenvalue weighted by Crippen LogP contribution is -2.20. The summed E-state index contributed by atoms with van der Waals surface area (Å²) in [5.41, 5.74) is 3.05. The highest BCUT2D eigenvalue weighted by Gasteiger charge is 2.21. The minimum atomic E-state index is 0.0480. The Morgan fingerprint density at radius 2 is 1.78 bits per heavy atom. The average molecular weight is 234 g/mol. The summed E-state index contributed by atoms with van der Waals surface area (Å²) in [6.07, 6.45) is 0. The van der Waals surface area contributed by atoms with Crippen molar-refractivity contribution in [3.63, 3.8) is 0 Å². The molecule has 0 fully saturated rings. The molecule has 3 heteroatoms. The van der Waals surface area contributed by atoms with Gasteiger partial charge in [-0.05, 0) is 17.7 Å². The summed E-state index contributed by atoms with van der Waals surface area (Å²) in [5, 5.41) is 0.689. The smallest absolute Gasteiger partial charge is 0.261 e. The van der Waals surface area contributed by atoms with E-state index in [1.165, 1.54) is 0 Å². The van der Waals surface area contributed by atoms with Crippen molar-refractivity contribution in [1.29, 1.82) is 0 Å². The van der Waals surface area contributed by atoms with Crippen LogP contribution in [0.25, 0.3) is 22.3 Å². The molecule has 3 aromatic rings. The van der Waals surface area contributed by atoms with Crippen molar-refractivity contribution >= 4 is 10.9 Å². The van der Waals surface area contributed by atoms with Gasteiger partial charge in [0.15, 0.2) is 0 Å². The number of nitrogens with zero attached hydrogens (tertiary/aromatic N) is 2. The Labute approximate surface area is 103 Å². The SMILES string of the molecule is O=c1c2ccccc2nc2n1Cc1ccccc1-2. The molecule has 1 aliphatic rings. The van der Waals surface area contributed by atoms with Crippen LogP contribution in [-0.4, -0.2) is 9.55 Å². The van der Waals surface area contributed by atoms with Gasteiger partial charge in [-0.25, -0.2) is 4.98 Å². The van der Waals surface area contributed by atoms with Crippen LogP contribution in [0.2, 0.25) is 0 Å². The Kier molecular flexibility index (Phi) is 1.75. The lowest BCUT2D eigenvalue weighted by atomic mass is 10.1. The highest BCUT2D eigenvalue weighted by Crippen LogP contribution is 2.29. The van der Waals surface area contributed by atoms with E-state index in [9.17, 15) is 4.79 Å². The van der Waals surface area contributed by atoms with E-state index in [4.69, 9.17) is 0 Å². The van der Waals surface area contributed by atoms with Gasteiger partial charge in [0, 0.05) is 5.56 Å². The molecule has 2 heterocycles. The maximum atomic E-state index is 12.4. The fourth-order valence-corrected chi connectivity index (χ4v) is 2.57. The van der Waals surface area contributed by atoms with E-state index in [-0.39, 0.29) is 5.56 Å². The molecule has 0 atom stereocenters. The highest BCUT2D eigenvalue weighted by atomic mass is 16.1. The van der Waals surface area contributed by atoms with Crippen molar-refractivity contribution in [2.75, 3.05) is 0 Å². The molecule has 0 N–H and O–H groups in total. The van der Waals surface area contributed by atoms with E-state index in [1.807, 2.05) is 48.5 Å². The quantitative estimate of drug-likeness (QED) is 0.468. The summed E-state index contributed by atoms with van der Waals surface area (Å²) in [7, 11) is 0. The Balaban J connectivity index is 2.16. The summed E-state index contributed by atoms with van der Waals surface area (Å²) in [4.78, 5) is 17.0. The lowest BCUT2D eigenvalue weighted by Gasteiger charge is -2.04. The molecule has 3 nitrogen and oxygen atoms in total. The summed E-state index contributed by atoms with van der Waals surface area (Å²) < 4.78 is 1.76. The average Bonchev–Trinajstić information content (AvgIpc) is 2.79. The van der Waals surface area contributed by atoms with Crippen LogP contribution in [0.4, 0.5) is 0 Å². The van der Waals surface area contributed by atoms with Crippen LogP contribution in [0.3, 0.4) is 0 Å². The van der Waals surface area contributed by atoms with Crippen LogP contribution in [0.1, 0.15) is 5.56 Å². The summed E-state index contributed by atoms with van der Waals surface area (Å²) >= 11 is 0. The van der Waals surface area contributed by atoms with Gasteiger partial charge in [-0.1, -0.05) is 36.4 Å². The topological polar surface area (TPSA) is 34.9 Å². The first-order valence-corrected chi connectivity index (χ1v) is 5.92. The second-order valence-electron chi connectivity index (χ2n) is 4.50. The minimum Gasteiger partial charge on any atom is -0.288 e. The molecule has 4 rings (SSSR count). The number of hydrogen-bond donors (Lipinski definition) is 0. The molecule has 86 valence electrons. The molecule has 0 saturated heterocycles. The largest absolute Gasteiger partial charge is 0.288 e. The zero-order valence-electron chi connectivity index (χ0n) is 9.63. The third kappa shape index (κ3) is 1.13. The molecule has 2 aromatic carbocycles. The zero-order valence-corrected chi connectivity index (χ0v) is 9.63. The van der Waals surface area contributed by atoms with E-state index in [0.717, 1.165) is 22.5 Å². The van der Waals surface area contributed by atoms with Gasteiger partial charge in [-0.15, -0.1) is 0 Å². The van der Waals surface area contributed by atoms with Crippen molar-refractivity contribution in [2.45, 2.75) is 6.54 Å².